The standard InChI is InChI=1S/C11H17NO7/c1-6(13)18-5-8-9(19-7(2)14)4-10(15)12(8)11(16)17-3/h8-10,15H,4-5H2,1-3H3. The summed E-state index contributed by atoms with van der Waals surface area (Å²) in [6, 6.07) is -0.768. The molecule has 1 aliphatic rings. The number of amides is 1. The van der Waals surface area contributed by atoms with Crippen molar-refractivity contribution < 1.29 is 33.7 Å². The van der Waals surface area contributed by atoms with Gasteiger partial charge in [0.1, 0.15) is 25.0 Å². The third-order valence-corrected chi connectivity index (χ3v) is 2.71. The number of hydrogen-bond donors (Lipinski definition) is 1. The Labute approximate surface area is 110 Å². The topological polar surface area (TPSA) is 102 Å². The van der Waals surface area contributed by atoms with E-state index in [9.17, 15) is 19.5 Å². The first-order valence-electron chi connectivity index (χ1n) is 5.71. The molecule has 1 heterocycles. The van der Waals surface area contributed by atoms with Gasteiger partial charge in [-0.2, -0.15) is 0 Å². The van der Waals surface area contributed by atoms with Gasteiger partial charge in [-0.1, -0.05) is 0 Å². The maximum atomic E-state index is 11.6. The average Bonchev–Trinajstić information content (AvgIpc) is 2.60. The van der Waals surface area contributed by atoms with Gasteiger partial charge in [0.15, 0.2) is 0 Å². The Bertz CT molecular complexity index is 370. The Morgan fingerprint density at radius 1 is 1.26 bits per heavy atom. The number of esters is 2. The summed E-state index contributed by atoms with van der Waals surface area (Å²) in [5, 5.41) is 9.80. The largest absolute Gasteiger partial charge is 0.464 e. The minimum Gasteiger partial charge on any atom is -0.464 e. The zero-order valence-corrected chi connectivity index (χ0v) is 11.0. The van der Waals surface area contributed by atoms with Crippen LogP contribution in [0.15, 0.2) is 0 Å². The van der Waals surface area contributed by atoms with Gasteiger partial charge in [-0.25, -0.2) is 4.79 Å². The van der Waals surface area contributed by atoms with E-state index < -0.39 is 36.4 Å². The maximum absolute atomic E-state index is 11.6. The van der Waals surface area contributed by atoms with Crippen LogP contribution in [0.3, 0.4) is 0 Å². The van der Waals surface area contributed by atoms with Gasteiger partial charge in [0.05, 0.1) is 7.11 Å². The number of likely N-dealkylation sites (tertiary alicyclic amines) is 1. The third-order valence-electron chi connectivity index (χ3n) is 2.71. The van der Waals surface area contributed by atoms with E-state index in [2.05, 4.69) is 4.74 Å². The summed E-state index contributed by atoms with van der Waals surface area (Å²) in [5.41, 5.74) is 0. The quantitative estimate of drug-likeness (QED) is 0.554. The van der Waals surface area contributed by atoms with Crippen LogP contribution in [-0.2, 0) is 23.8 Å². The van der Waals surface area contributed by atoms with Crippen LogP contribution in [0.5, 0.6) is 0 Å². The van der Waals surface area contributed by atoms with Crippen molar-refractivity contribution in [1.29, 1.82) is 0 Å². The predicted molar refractivity (Wildman–Crippen MR) is 60.8 cm³/mol. The molecule has 0 bridgehead atoms. The van der Waals surface area contributed by atoms with Crippen molar-refractivity contribution in [2.24, 2.45) is 0 Å². The number of carbonyl (C=O) groups is 3. The molecule has 0 radical (unpaired) electrons. The van der Waals surface area contributed by atoms with Gasteiger partial charge < -0.3 is 19.3 Å². The molecule has 3 unspecified atom stereocenters. The van der Waals surface area contributed by atoms with Gasteiger partial charge in [-0.05, 0) is 0 Å². The van der Waals surface area contributed by atoms with Gasteiger partial charge in [0.2, 0.25) is 0 Å². The Morgan fingerprint density at radius 2 is 1.89 bits per heavy atom. The molecule has 1 rings (SSSR count). The first-order valence-corrected chi connectivity index (χ1v) is 5.71. The van der Waals surface area contributed by atoms with Gasteiger partial charge in [0.25, 0.3) is 0 Å². The number of nitrogens with zero attached hydrogens (tertiary/aromatic N) is 1. The van der Waals surface area contributed by atoms with Gasteiger partial charge in [-0.3, -0.25) is 14.5 Å². The summed E-state index contributed by atoms with van der Waals surface area (Å²) in [6.45, 7) is 2.25. The molecule has 0 spiro atoms. The van der Waals surface area contributed by atoms with Gasteiger partial charge >= 0.3 is 18.0 Å². The summed E-state index contributed by atoms with van der Waals surface area (Å²) in [7, 11) is 1.16. The third kappa shape index (κ3) is 3.82. The van der Waals surface area contributed by atoms with E-state index in [1.807, 2.05) is 0 Å². The fraction of sp³-hybridized carbons (Fsp3) is 0.727. The smallest absolute Gasteiger partial charge is 0.412 e. The van der Waals surface area contributed by atoms with Crippen molar-refractivity contribution in [1.82, 2.24) is 4.90 Å². The molecule has 8 heteroatoms. The average molecular weight is 275 g/mol. The van der Waals surface area contributed by atoms with Crippen LogP contribution in [0, 0.1) is 0 Å². The van der Waals surface area contributed by atoms with Crippen LogP contribution in [0.1, 0.15) is 20.3 Å². The zero-order valence-electron chi connectivity index (χ0n) is 11.0. The predicted octanol–water partition coefficient (Wildman–Crippen LogP) is -0.360. The highest BCUT2D eigenvalue weighted by Gasteiger charge is 2.46. The monoisotopic (exact) mass is 275 g/mol. The van der Waals surface area contributed by atoms with Crippen LogP contribution in [0.25, 0.3) is 0 Å². The molecule has 0 aliphatic carbocycles. The maximum Gasteiger partial charge on any atom is 0.412 e. The molecule has 1 amide bonds. The van der Waals surface area contributed by atoms with E-state index in [0.717, 1.165) is 12.0 Å². The minimum atomic E-state index is -1.16. The highest BCUT2D eigenvalue weighted by Crippen LogP contribution is 2.27. The summed E-state index contributed by atoms with van der Waals surface area (Å²) in [5.74, 6) is -1.08. The lowest BCUT2D eigenvalue weighted by molar-refractivity contribution is -0.150. The summed E-state index contributed by atoms with van der Waals surface area (Å²) in [6.07, 6.45) is -2.64. The molecule has 1 aliphatic heterocycles. The molecule has 0 aromatic heterocycles. The van der Waals surface area contributed by atoms with Gasteiger partial charge in [-0.15, -0.1) is 0 Å². The number of hydrogen-bond acceptors (Lipinski definition) is 7. The van der Waals surface area contributed by atoms with Gasteiger partial charge in [0, 0.05) is 20.3 Å². The molecule has 0 aromatic rings. The lowest BCUT2D eigenvalue weighted by atomic mass is 10.2. The minimum absolute atomic E-state index is 0.0423. The first-order chi connectivity index (χ1) is 8.86. The number of aliphatic hydroxyl groups excluding tert-OH is 1. The second-order valence-corrected chi connectivity index (χ2v) is 4.11. The van der Waals surface area contributed by atoms with Crippen molar-refractivity contribution >= 4 is 18.0 Å². The molecule has 19 heavy (non-hydrogen) atoms. The van der Waals surface area contributed by atoms with Crippen molar-refractivity contribution in [3.8, 4) is 0 Å². The van der Waals surface area contributed by atoms with Crippen LogP contribution in [-0.4, -0.2) is 60.1 Å². The normalized spacial score (nSPS) is 25.9. The second-order valence-electron chi connectivity index (χ2n) is 4.11. The van der Waals surface area contributed by atoms with Crippen molar-refractivity contribution in [2.45, 2.75) is 38.6 Å². The molecule has 1 fully saturated rings. The van der Waals surface area contributed by atoms with E-state index >= 15 is 0 Å². The second kappa shape index (κ2) is 6.37. The molecule has 8 nitrogen and oxygen atoms in total. The van der Waals surface area contributed by atoms with E-state index in [-0.39, 0.29) is 13.0 Å². The molecule has 108 valence electrons. The van der Waals surface area contributed by atoms with Crippen molar-refractivity contribution in [3.05, 3.63) is 0 Å². The van der Waals surface area contributed by atoms with E-state index in [1.54, 1.807) is 0 Å². The molecule has 0 saturated carbocycles. The molecule has 1 N–H and O–H groups in total. The number of ether oxygens (including phenoxy) is 3. The molecular weight excluding hydrogens is 258 g/mol. The Morgan fingerprint density at radius 3 is 2.37 bits per heavy atom. The van der Waals surface area contributed by atoms with Crippen LogP contribution < -0.4 is 0 Å². The Kier molecular flexibility index (Phi) is 5.11. The number of aliphatic hydroxyl groups is 1. The fourth-order valence-electron chi connectivity index (χ4n) is 1.97. The fourth-order valence-corrected chi connectivity index (χ4v) is 1.97. The summed E-state index contributed by atoms with van der Waals surface area (Å²) < 4.78 is 14.4. The molecule has 3 atom stereocenters. The Hall–Kier alpha value is -1.83. The van der Waals surface area contributed by atoms with E-state index in [4.69, 9.17) is 9.47 Å². The van der Waals surface area contributed by atoms with Crippen molar-refractivity contribution in [2.75, 3.05) is 13.7 Å². The lowest BCUT2D eigenvalue weighted by Gasteiger charge is -2.27. The molecular formula is C11H17NO7. The lowest BCUT2D eigenvalue weighted by Crippen LogP contribution is -2.46. The Balaban J connectivity index is 2.84. The van der Waals surface area contributed by atoms with Crippen molar-refractivity contribution in [3.63, 3.8) is 0 Å². The summed E-state index contributed by atoms with van der Waals surface area (Å²) >= 11 is 0. The number of rotatable bonds is 3. The van der Waals surface area contributed by atoms with E-state index in [1.165, 1.54) is 13.8 Å². The van der Waals surface area contributed by atoms with Crippen LogP contribution >= 0.6 is 0 Å². The van der Waals surface area contributed by atoms with Crippen LogP contribution in [0.2, 0.25) is 0 Å². The number of methoxy groups -OCH3 is 1. The SMILES string of the molecule is COC(=O)N1C(O)CC(OC(C)=O)C1COC(C)=O. The molecule has 1 saturated heterocycles. The van der Waals surface area contributed by atoms with Crippen LogP contribution in [0.4, 0.5) is 4.79 Å². The first kappa shape index (κ1) is 15.2. The zero-order chi connectivity index (χ0) is 14.6. The number of carbonyl (C=O) groups excluding carboxylic acids is 3. The molecule has 0 aromatic carbocycles. The van der Waals surface area contributed by atoms with E-state index in [0.29, 0.717) is 0 Å². The highest BCUT2D eigenvalue weighted by atomic mass is 16.6. The highest BCUT2D eigenvalue weighted by molar-refractivity contribution is 5.70. The summed E-state index contributed by atoms with van der Waals surface area (Å²) in [4.78, 5) is 34.4.